The third kappa shape index (κ3) is 7.66. The van der Waals surface area contributed by atoms with Gasteiger partial charge in [0.05, 0.1) is 11.2 Å². The van der Waals surface area contributed by atoms with Crippen molar-refractivity contribution in [2.24, 2.45) is 5.92 Å². The lowest BCUT2D eigenvalue weighted by molar-refractivity contribution is 0.00578. The molecule has 2 aromatic rings. The molecular formula is C34H59BN2O2S. The molecular weight excluding hydrogens is 511 g/mol. The Hall–Kier alpha value is -1.50. The maximum Gasteiger partial charge on any atom is 0.499 e. The van der Waals surface area contributed by atoms with Crippen LogP contribution in [0.15, 0.2) is 23.6 Å². The van der Waals surface area contributed by atoms with Crippen LogP contribution in [0.3, 0.4) is 0 Å². The first-order chi connectivity index (χ1) is 19.1. The predicted octanol–water partition coefficient (Wildman–Crippen LogP) is 9.19. The van der Waals surface area contributed by atoms with Crippen molar-refractivity contribution >= 4 is 35.3 Å². The van der Waals surface area contributed by atoms with Crippen molar-refractivity contribution < 1.29 is 9.31 Å². The van der Waals surface area contributed by atoms with Crippen molar-refractivity contribution in [3.8, 4) is 10.4 Å². The maximum atomic E-state index is 6.70. The Morgan fingerprint density at radius 2 is 1.32 bits per heavy atom. The zero-order valence-electron chi connectivity index (χ0n) is 27.9. The van der Waals surface area contributed by atoms with Crippen LogP contribution in [0.4, 0.5) is 11.4 Å². The summed E-state index contributed by atoms with van der Waals surface area (Å²) >= 11 is 1.89. The summed E-state index contributed by atoms with van der Waals surface area (Å²) in [7, 11) is -0.401. The Labute approximate surface area is 252 Å². The monoisotopic (exact) mass is 570 g/mol. The molecule has 2 heterocycles. The molecule has 4 nitrogen and oxygen atoms in total. The minimum Gasteiger partial charge on any atom is -0.399 e. The number of rotatable bonds is 14. The van der Waals surface area contributed by atoms with Gasteiger partial charge in [-0.3, -0.25) is 0 Å². The summed E-state index contributed by atoms with van der Waals surface area (Å²) in [6, 6.07) is 7.20. The van der Waals surface area contributed by atoms with Gasteiger partial charge in [0.1, 0.15) is 0 Å². The quantitative estimate of drug-likeness (QED) is 0.211. The number of hydrogen-bond acceptors (Lipinski definition) is 5. The SMILES string of the molecule is CC.CCCCC(CC)Cc1ccsc1-c1cc(N(CC)CC)c(B2OC(C)(C)C(C)(C)O2)c(N(CC)CC)c1. The lowest BCUT2D eigenvalue weighted by atomic mass is 9.74. The second-order valence-electron chi connectivity index (χ2n) is 11.8. The van der Waals surface area contributed by atoms with Gasteiger partial charge in [-0.25, -0.2) is 0 Å². The van der Waals surface area contributed by atoms with Gasteiger partial charge < -0.3 is 19.1 Å². The van der Waals surface area contributed by atoms with E-state index in [4.69, 9.17) is 9.31 Å². The van der Waals surface area contributed by atoms with Gasteiger partial charge in [-0.15, -0.1) is 11.3 Å². The fourth-order valence-corrected chi connectivity index (χ4v) is 6.54. The lowest BCUT2D eigenvalue weighted by Crippen LogP contribution is -2.43. The smallest absolute Gasteiger partial charge is 0.399 e. The van der Waals surface area contributed by atoms with Crippen LogP contribution < -0.4 is 15.3 Å². The van der Waals surface area contributed by atoms with E-state index in [1.807, 2.05) is 25.2 Å². The van der Waals surface area contributed by atoms with E-state index in [1.165, 1.54) is 58.5 Å². The molecule has 1 unspecified atom stereocenters. The molecule has 1 fully saturated rings. The standard InChI is InChI=1S/C32H53BN2O2S.C2H6/c1-11-17-18-24(12-2)21-25-19-20-38-30(25)26-22-27(34(13-3)14-4)29(28(23-26)35(15-5)16-6)33-36-31(7,8)32(9,10)37-33;1-2/h19-20,22-24H,11-18,21H2,1-10H3;1-2H3. The summed E-state index contributed by atoms with van der Waals surface area (Å²) in [4.78, 5) is 6.36. The van der Waals surface area contributed by atoms with E-state index in [0.717, 1.165) is 38.5 Å². The summed E-state index contributed by atoms with van der Waals surface area (Å²) in [5.41, 5.74) is 5.71. The van der Waals surface area contributed by atoms with Crippen molar-refractivity contribution in [3.63, 3.8) is 0 Å². The number of hydrogen-bond donors (Lipinski definition) is 0. The molecule has 226 valence electrons. The molecule has 1 atom stereocenters. The van der Waals surface area contributed by atoms with Crippen LogP contribution in [0.5, 0.6) is 0 Å². The fourth-order valence-electron chi connectivity index (χ4n) is 5.61. The highest BCUT2D eigenvalue weighted by Crippen LogP contribution is 2.41. The molecule has 0 bridgehead atoms. The van der Waals surface area contributed by atoms with E-state index in [2.05, 4.69) is 103 Å². The van der Waals surface area contributed by atoms with Crippen molar-refractivity contribution in [2.45, 2.75) is 126 Å². The van der Waals surface area contributed by atoms with Gasteiger partial charge in [0.15, 0.2) is 0 Å². The highest BCUT2D eigenvalue weighted by atomic mass is 32.1. The largest absolute Gasteiger partial charge is 0.499 e. The molecule has 0 amide bonds. The summed E-state index contributed by atoms with van der Waals surface area (Å²) in [6.07, 6.45) is 6.31. The zero-order chi connectivity index (χ0) is 30.1. The molecule has 0 N–H and O–H groups in total. The van der Waals surface area contributed by atoms with Crippen LogP contribution >= 0.6 is 11.3 Å². The van der Waals surface area contributed by atoms with Gasteiger partial charge in [-0.1, -0.05) is 53.4 Å². The first kappa shape index (κ1) is 34.7. The van der Waals surface area contributed by atoms with Gasteiger partial charge in [0.25, 0.3) is 0 Å². The van der Waals surface area contributed by atoms with Gasteiger partial charge in [-0.05, 0) is 102 Å². The number of unbranched alkanes of at least 4 members (excludes halogenated alkanes) is 1. The fraction of sp³-hybridized carbons (Fsp3) is 0.706. The molecule has 40 heavy (non-hydrogen) atoms. The molecule has 0 saturated carbocycles. The second kappa shape index (κ2) is 15.7. The van der Waals surface area contributed by atoms with E-state index in [9.17, 15) is 0 Å². The molecule has 1 aromatic heterocycles. The van der Waals surface area contributed by atoms with E-state index in [1.54, 1.807) is 0 Å². The molecule has 0 radical (unpaired) electrons. The molecule has 1 aliphatic heterocycles. The van der Waals surface area contributed by atoms with Crippen LogP contribution in [0.1, 0.15) is 114 Å². The van der Waals surface area contributed by atoms with Gasteiger partial charge in [0, 0.05) is 47.9 Å². The Kier molecular flexibility index (Phi) is 13.6. The van der Waals surface area contributed by atoms with Crippen LogP contribution in [-0.2, 0) is 15.7 Å². The van der Waals surface area contributed by atoms with Gasteiger partial charge >= 0.3 is 7.12 Å². The van der Waals surface area contributed by atoms with Gasteiger partial charge in [-0.2, -0.15) is 0 Å². The Morgan fingerprint density at radius 1 is 0.825 bits per heavy atom. The van der Waals surface area contributed by atoms with Crippen LogP contribution in [0.2, 0.25) is 0 Å². The minimum atomic E-state index is -0.401. The Balaban J connectivity index is 0.00000274. The Morgan fingerprint density at radius 3 is 1.75 bits per heavy atom. The normalized spacial score (nSPS) is 16.4. The number of anilines is 2. The molecule has 3 rings (SSSR count). The summed E-state index contributed by atoms with van der Waals surface area (Å²) in [6.45, 7) is 30.0. The van der Waals surface area contributed by atoms with Crippen molar-refractivity contribution in [2.75, 3.05) is 36.0 Å². The summed E-state index contributed by atoms with van der Waals surface area (Å²) in [5, 5.41) is 2.29. The average molecular weight is 571 g/mol. The summed E-state index contributed by atoms with van der Waals surface area (Å²) in [5.74, 6) is 0.747. The lowest BCUT2D eigenvalue weighted by Gasteiger charge is -2.32. The predicted molar refractivity (Wildman–Crippen MR) is 181 cm³/mol. The van der Waals surface area contributed by atoms with E-state index in [0.29, 0.717) is 0 Å². The van der Waals surface area contributed by atoms with Crippen LogP contribution in [0, 0.1) is 5.92 Å². The number of thiophene rings is 1. The Bertz CT molecular complexity index is 978. The third-order valence-corrected chi connectivity index (χ3v) is 9.90. The molecule has 0 spiro atoms. The van der Waals surface area contributed by atoms with Crippen molar-refractivity contribution in [1.29, 1.82) is 0 Å². The molecule has 1 aliphatic rings. The highest BCUT2D eigenvalue weighted by Gasteiger charge is 2.53. The first-order valence-corrected chi connectivity index (χ1v) is 17.0. The molecule has 0 aliphatic carbocycles. The van der Waals surface area contributed by atoms with Gasteiger partial charge in [0.2, 0.25) is 0 Å². The summed E-state index contributed by atoms with van der Waals surface area (Å²) < 4.78 is 13.4. The van der Waals surface area contributed by atoms with Crippen LogP contribution in [-0.4, -0.2) is 44.5 Å². The third-order valence-electron chi connectivity index (χ3n) is 8.89. The number of nitrogens with zero attached hydrogens (tertiary/aromatic N) is 2. The second-order valence-corrected chi connectivity index (χ2v) is 12.7. The van der Waals surface area contributed by atoms with Crippen molar-refractivity contribution in [1.82, 2.24) is 0 Å². The zero-order valence-corrected chi connectivity index (χ0v) is 28.8. The molecule has 1 saturated heterocycles. The molecule has 6 heteroatoms. The number of benzene rings is 1. The van der Waals surface area contributed by atoms with Crippen molar-refractivity contribution in [3.05, 3.63) is 29.1 Å². The van der Waals surface area contributed by atoms with E-state index in [-0.39, 0.29) is 11.2 Å². The maximum absolute atomic E-state index is 6.70. The highest BCUT2D eigenvalue weighted by molar-refractivity contribution is 7.13. The average Bonchev–Trinajstić information content (AvgIpc) is 3.49. The molecule has 1 aromatic carbocycles. The first-order valence-electron chi connectivity index (χ1n) is 16.2. The van der Waals surface area contributed by atoms with E-state index >= 15 is 0 Å². The minimum absolute atomic E-state index is 0.383. The topological polar surface area (TPSA) is 24.9 Å². The van der Waals surface area contributed by atoms with E-state index < -0.39 is 7.12 Å². The van der Waals surface area contributed by atoms with Crippen LogP contribution in [0.25, 0.3) is 10.4 Å².